The summed E-state index contributed by atoms with van der Waals surface area (Å²) in [6, 6.07) is 23.9. The minimum atomic E-state index is -0.352. The molecule has 5 heteroatoms. The van der Waals surface area contributed by atoms with Crippen LogP contribution in [0.1, 0.15) is 42.2 Å². The zero-order chi connectivity index (χ0) is 22.0. The second-order valence-corrected chi connectivity index (χ2v) is 7.88. The number of fused-ring (bicyclic) bond motifs is 1. The smallest absolute Gasteiger partial charge is 0.337 e. The molecule has 3 aromatic rings. The maximum absolute atomic E-state index is 12.4. The molecule has 4 rings (SSSR count). The molecule has 0 unspecified atom stereocenters. The van der Waals surface area contributed by atoms with Gasteiger partial charge < -0.3 is 15.0 Å². The van der Waals surface area contributed by atoms with Crippen LogP contribution in [0, 0.1) is 0 Å². The molecule has 0 fully saturated rings. The predicted molar refractivity (Wildman–Crippen MR) is 123 cm³/mol. The first-order chi connectivity index (χ1) is 15.0. The number of hydrogen-bond acceptors (Lipinski definition) is 4. The largest absolute Gasteiger partial charge is 0.465 e. The molecule has 0 aliphatic carbocycles. The van der Waals surface area contributed by atoms with E-state index in [0.29, 0.717) is 5.56 Å². The molecule has 5 nitrogen and oxygen atoms in total. The molecule has 0 radical (unpaired) electrons. The van der Waals surface area contributed by atoms with E-state index in [1.165, 1.54) is 7.11 Å². The highest BCUT2D eigenvalue weighted by Gasteiger charge is 2.32. The average molecular weight is 415 g/mol. The fourth-order valence-corrected chi connectivity index (χ4v) is 4.31. The maximum Gasteiger partial charge on any atom is 0.337 e. The zero-order valence-corrected chi connectivity index (χ0v) is 18.0. The van der Waals surface area contributed by atoms with Gasteiger partial charge in [0.15, 0.2) is 0 Å². The molecule has 0 bridgehead atoms. The average Bonchev–Trinajstić information content (AvgIpc) is 2.79. The van der Waals surface area contributed by atoms with Gasteiger partial charge in [-0.15, -0.1) is 0 Å². The molecular formula is C26H26N2O3. The summed E-state index contributed by atoms with van der Waals surface area (Å²) >= 11 is 0. The molecule has 158 valence electrons. The Morgan fingerprint density at radius 3 is 2.29 bits per heavy atom. The van der Waals surface area contributed by atoms with Crippen molar-refractivity contribution in [2.45, 2.75) is 32.4 Å². The molecule has 0 saturated carbocycles. The van der Waals surface area contributed by atoms with Gasteiger partial charge in [-0.25, -0.2) is 4.79 Å². The Morgan fingerprint density at radius 1 is 0.968 bits per heavy atom. The Morgan fingerprint density at radius 2 is 1.65 bits per heavy atom. The summed E-state index contributed by atoms with van der Waals surface area (Å²) in [6.45, 7) is 3.70. The van der Waals surface area contributed by atoms with Crippen LogP contribution < -0.4 is 10.2 Å². The molecular weight excluding hydrogens is 388 g/mol. The fraction of sp³-hybridized carbons (Fsp3) is 0.231. The third-order valence-electron chi connectivity index (χ3n) is 5.77. The van der Waals surface area contributed by atoms with Crippen LogP contribution in [0.25, 0.3) is 11.1 Å². The highest BCUT2D eigenvalue weighted by Crippen LogP contribution is 2.41. The number of methoxy groups -OCH3 is 1. The van der Waals surface area contributed by atoms with Crippen molar-refractivity contribution in [3.05, 3.63) is 83.9 Å². The Labute approximate surface area is 182 Å². The van der Waals surface area contributed by atoms with Crippen molar-refractivity contribution < 1.29 is 14.3 Å². The lowest BCUT2D eigenvalue weighted by atomic mass is 9.88. The monoisotopic (exact) mass is 414 g/mol. The minimum absolute atomic E-state index is 0.0436. The summed E-state index contributed by atoms with van der Waals surface area (Å²) < 4.78 is 4.79. The van der Waals surface area contributed by atoms with E-state index in [9.17, 15) is 9.59 Å². The molecule has 0 saturated heterocycles. The van der Waals surface area contributed by atoms with Gasteiger partial charge in [0.05, 0.1) is 18.7 Å². The quantitative estimate of drug-likeness (QED) is 0.578. The third kappa shape index (κ3) is 4.17. The summed E-state index contributed by atoms with van der Waals surface area (Å²) in [4.78, 5) is 26.0. The molecule has 0 spiro atoms. The maximum atomic E-state index is 12.4. The SMILES string of the molecule is COC(=O)c1ccc(-c2ccc3c(c2)[C@@H](Nc2ccccc2)C[C@@H](C)N3C(C)=O)cc1. The molecule has 1 amide bonds. The van der Waals surface area contributed by atoms with Crippen molar-refractivity contribution in [3.8, 4) is 11.1 Å². The summed E-state index contributed by atoms with van der Waals surface area (Å²) in [5.41, 5.74) is 5.63. The summed E-state index contributed by atoms with van der Waals surface area (Å²) in [5, 5.41) is 3.64. The van der Waals surface area contributed by atoms with Gasteiger partial charge in [-0.1, -0.05) is 36.4 Å². The number of esters is 1. The summed E-state index contributed by atoms with van der Waals surface area (Å²) in [6.07, 6.45) is 0.812. The van der Waals surface area contributed by atoms with Crippen molar-refractivity contribution in [2.75, 3.05) is 17.3 Å². The van der Waals surface area contributed by atoms with E-state index in [1.807, 2.05) is 47.4 Å². The van der Waals surface area contributed by atoms with Gasteiger partial charge in [0.25, 0.3) is 0 Å². The molecule has 1 aliphatic rings. The first kappa shape index (κ1) is 20.7. The van der Waals surface area contributed by atoms with Crippen LogP contribution in [0.4, 0.5) is 11.4 Å². The van der Waals surface area contributed by atoms with E-state index in [4.69, 9.17) is 4.74 Å². The number of anilines is 2. The van der Waals surface area contributed by atoms with E-state index >= 15 is 0 Å². The van der Waals surface area contributed by atoms with E-state index < -0.39 is 0 Å². The van der Waals surface area contributed by atoms with Crippen LogP contribution >= 0.6 is 0 Å². The van der Waals surface area contributed by atoms with Gasteiger partial charge in [0.1, 0.15) is 0 Å². The first-order valence-corrected chi connectivity index (χ1v) is 10.4. The summed E-state index contributed by atoms with van der Waals surface area (Å²) in [5.74, 6) is -0.308. The second-order valence-electron chi connectivity index (χ2n) is 7.88. The van der Waals surface area contributed by atoms with Crippen molar-refractivity contribution in [2.24, 2.45) is 0 Å². The van der Waals surface area contributed by atoms with Gasteiger partial charge >= 0.3 is 5.97 Å². The fourth-order valence-electron chi connectivity index (χ4n) is 4.31. The Kier molecular flexibility index (Phi) is 5.76. The van der Waals surface area contributed by atoms with Crippen molar-refractivity contribution in [1.29, 1.82) is 0 Å². The number of benzene rings is 3. The van der Waals surface area contributed by atoms with Crippen LogP contribution in [0.2, 0.25) is 0 Å². The number of nitrogens with one attached hydrogen (secondary N) is 1. The number of ether oxygens (including phenoxy) is 1. The normalized spacial score (nSPS) is 17.6. The molecule has 1 heterocycles. The van der Waals surface area contributed by atoms with E-state index in [-0.39, 0.29) is 24.0 Å². The zero-order valence-electron chi connectivity index (χ0n) is 18.0. The lowest BCUT2D eigenvalue weighted by Gasteiger charge is -2.39. The van der Waals surface area contributed by atoms with Crippen molar-refractivity contribution in [3.63, 3.8) is 0 Å². The number of nitrogens with zero attached hydrogens (tertiary/aromatic N) is 1. The van der Waals surface area contributed by atoms with Crippen LogP contribution in [0.3, 0.4) is 0 Å². The number of para-hydroxylation sites is 1. The standard InChI is InChI=1S/C26H26N2O3/c1-17-15-24(27-22-7-5-4-6-8-22)23-16-21(13-14-25(23)28(17)18(2)29)19-9-11-20(12-10-19)26(30)31-3/h4-14,16-17,24,27H,15H2,1-3H3/t17-,24+/m1/s1. The number of amides is 1. The van der Waals surface area contributed by atoms with Crippen LogP contribution in [0.5, 0.6) is 0 Å². The molecule has 1 N–H and O–H groups in total. The molecule has 2 atom stereocenters. The highest BCUT2D eigenvalue weighted by atomic mass is 16.5. The van der Waals surface area contributed by atoms with Crippen LogP contribution in [0.15, 0.2) is 72.8 Å². The van der Waals surface area contributed by atoms with E-state index in [2.05, 4.69) is 30.4 Å². The van der Waals surface area contributed by atoms with E-state index in [0.717, 1.165) is 34.5 Å². The van der Waals surface area contributed by atoms with E-state index in [1.54, 1.807) is 19.1 Å². The topological polar surface area (TPSA) is 58.6 Å². The van der Waals surface area contributed by atoms with Gasteiger partial charge in [-0.2, -0.15) is 0 Å². The highest BCUT2D eigenvalue weighted by molar-refractivity contribution is 5.94. The van der Waals surface area contributed by atoms with Gasteiger partial charge in [-0.05, 0) is 66.4 Å². The van der Waals surface area contributed by atoms with Crippen molar-refractivity contribution >= 4 is 23.3 Å². The Balaban J connectivity index is 1.74. The van der Waals surface area contributed by atoms with Gasteiger partial charge in [0.2, 0.25) is 5.91 Å². The lowest BCUT2D eigenvalue weighted by molar-refractivity contribution is -0.117. The first-order valence-electron chi connectivity index (χ1n) is 10.4. The number of rotatable bonds is 4. The molecule has 3 aromatic carbocycles. The van der Waals surface area contributed by atoms with Crippen LogP contribution in [-0.2, 0) is 9.53 Å². The number of carbonyl (C=O) groups excluding carboxylic acids is 2. The van der Waals surface area contributed by atoms with Crippen molar-refractivity contribution in [1.82, 2.24) is 0 Å². The summed E-state index contributed by atoms with van der Waals surface area (Å²) in [7, 11) is 1.38. The van der Waals surface area contributed by atoms with Gasteiger partial charge in [0, 0.05) is 24.3 Å². The molecule has 0 aromatic heterocycles. The second kappa shape index (κ2) is 8.64. The Hall–Kier alpha value is -3.60. The minimum Gasteiger partial charge on any atom is -0.465 e. The molecule has 31 heavy (non-hydrogen) atoms. The predicted octanol–water partition coefficient (Wildman–Crippen LogP) is 5.44. The number of carbonyl (C=O) groups is 2. The Bertz CT molecular complexity index is 1090. The molecule has 1 aliphatic heterocycles. The third-order valence-corrected chi connectivity index (χ3v) is 5.77. The van der Waals surface area contributed by atoms with Gasteiger partial charge in [-0.3, -0.25) is 4.79 Å². The lowest BCUT2D eigenvalue weighted by Crippen LogP contribution is -2.43. The van der Waals surface area contributed by atoms with Crippen LogP contribution in [-0.4, -0.2) is 25.0 Å². The number of hydrogen-bond donors (Lipinski definition) is 1.